The average Bonchev–Trinajstić information content (AvgIpc) is 3.56. The summed E-state index contributed by atoms with van der Waals surface area (Å²) in [6.07, 6.45) is 5.60. The van der Waals surface area contributed by atoms with Gasteiger partial charge in [0, 0.05) is 49.0 Å². The van der Waals surface area contributed by atoms with Crippen LogP contribution in [-0.4, -0.2) is 64.0 Å². The van der Waals surface area contributed by atoms with Gasteiger partial charge in [0.15, 0.2) is 5.76 Å². The van der Waals surface area contributed by atoms with Crippen molar-refractivity contribution in [2.75, 3.05) is 43.4 Å². The summed E-state index contributed by atoms with van der Waals surface area (Å²) in [5, 5.41) is 11.7. The van der Waals surface area contributed by atoms with Crippen LogP contribution >= 0.6 is 0 Å². The standard InChI is InChI=1S/C28H33N7O2/c1-19-6-7-21(30-27(36)25-8-9-26(37-25)28(2,3)4)15-24(19)35-18-23(31-32-35)20-14-22(17-29-16-20)34-12-10-33(5)11-13-34/h6-9,14-18H,10-13H2,1-5H3,(H,30,36). The third-order valence-electron chi connectivity index (χ3n) is 6.66. The van der Waals surface area contributed by atoms with Crippen LogP contribution in [0, 0.1) is 6.92 Å². The molecule has 37 heavy (non-hydrogen) atoms. The van der Waals surface area contributed by atoms with Crippen molar-refractivity contribution in [2.45, 2.75) is 33.1 Å². The number of pyridine rings is 1. The minimum Gasteiger partial charge on any atom is -0.455 e. The summed E-state index contributed by atoms with van der Waals surface area (Å²) in [6, 6.07) is 11.4. The monoisotopic (exact) mass is 499 g/mol. The molecule has 0 spiro atoms. The van der Waals surface area contributed by atoms with Crippen molar-refractivity contribution in [1.29, 1.82) is 0 Å². The smallest absolute Gasteiger partial charge is 0.291 e. The molecule has 0 aliphatic carbocycles. The lowest BCUT2D eigenvalue weighted by molar-refractivity contribution is 0.0993. The fraction of sp³-hybridized carbons (Fsp3) is 0.357. The van der Waals surface area contributed by atoms with Crippen molar-refractivity contribution in [3.63, 3.8) is 0 Å². The van der Waals surface area contributed by atoms with Gasteiger partial charge in [-0.25, -0.2) is 4.68 Å². The molecule has 4 aromatic rings. The molecule has 9 nitrogen and oxygen atoms in total. The number of anilines is 2. The molecule has 0 radical (unpaired) electrons. The van der Waals surface area contributed by atoms with E-state index in [1.807, 2.05) is 70.6 Å². The van der Waals surface area contributed by atoms with Gasteiger partial charge in [0.05, 0.1) is 23.8 Å². The molecule has 4 heterocycles. The van der Waals surface area contributed by atoms with E-state index in [2.05, 4.69) is 43.5 Å². The van der Waals surface area contributed by atoms with E-state index in [0.29, 0.717) is 5.69 Å². The van der Waals surface area contributed by atoms with Crippen molar-refractivity contribution >= 4 is 17.3 Å². The molecule has 9 heteroatoms. The topological polar surface area (TPSA) is 92.3 Å². The predicted octanol–water partition coefficient (Wildman–Crippen LogP) is 4.53. The number of benzene rings is 1. The normalized spacial score (nSPS) is 14.7. The van der Waals surface area contributed by atoms with Crippen LogP contribution in [-0.2, 0) is 5.41 Å². The number of nitrogens with zero attached hydrogens (tertiary/aromatic N) is 6. The first-order valence-corrected chi connectivity index (χ1v) is 12.5. The first kappa shape index (κ1) is 24.7. The third kappa shape index (κ3) is 5.41. The number of carbonyl (C=O) groups is 1. The number of hydrogen-bond acceptors (Lipinski definition) is 7. The second kappa shape index (κ2) is 9.82. The predicted molar refractivity (Wildman–Crippen MR) is 144 cm³/mol. The highest BCUT2D eigenvalue weighted by Gasteiger charge is 2.21. The largest absolute Gasteiger partial charge is 0.455 e. The average molecular weight is 500 g/mol. The fourth-order valence-corrected chi connectivity index (χ4v) is 4.31. The Kier molecular flexibility index (Phi) is 6.55. The van der Waals surface area contributed by atoms with Gasteiger partial charge in [-0.1, -0.05) is 32.1 Å². The van der Waals surface area contributed by atoms with E-state index in [-0.39, 0.29) is 17.1 Å². The van der Waals surface area contributed by atoms with Crippen LogP contribution in [0.2, 0.25) is 0 Å². The van der Waals surface area contributed by atoms with Gasteiger partial charge in [-0.2, -0.15) is 0 Å². The summed E-state index contributed by atoms with van der Waals surface area (Å²) in [5.74, 6) is 0.753. The van der Waals surface area contributed by atoms with E-state index in [9.17, 15) is 4.79 Å². The number of rotatable bonds is 5. The lowest BCUT2D eigenvalue weighted by Crippen LogP contribution is -2.44. The zero-order valence-corrected chi connectivity index (χ0v) is 22.0. The molecule has 1 amide bonds. The van der Waals surface area contributed by atoms with Crippen LogP contribution in [0.1, 0.15) is 42.6 Å². The second-order valence-electron chi connectivity index (χ2n) is 10.6. The molecular formula is C28H33N7O2. The quantitative estimate of drug-likeness (QED) is 0.431. The van der Waals surface area contributed by atoms with E-state index < -0.39 is 0 Å². The molecule has 1 fully saturated rings. The minimum atomic E-state index is -0.295. The Balaban J connectivity index is 1.35. The highest BCUT2D eigenvalue weighted by atomic mass is 16.4. The zero-order chi connectivity index (χ0) is 26.2. The molecule has 0 saturated carbocycles. The minimum absolute atomic E-state index is 0.167. The van der Waals surface area contributed by atoms with Crippen molar-refractivity contribution in [3.8, 4) is 16.9 Å². The van der Waals surface area contributed by atoms with Gasteiger partial charge in [0.1, 0.15) is 11.5 Å². The summed E-state index contributed by atoms with van der Waals surface area (Å²) in [5.41, 5.74) is 5.06. The molecule has 1 aliphatic heterocycles. The molecule has 0 atom stereocenters. The SMILES string of the molecule is Cc1ccc(NC(=O)c2ccc(C(C)(C)C)o2)cc1-n1cc(-c2cncc(N3CCN(C)CC3)c2)nn1. The number of piperazine rings is 1. The van der Waals surface area contributed by atoms with Crippen LogP contribution in [0.3, 0.4) is 0 Å². The zero-order valence-electron chi connectivity index (χ0n) is 22.0. The van der Waals surface area contributed by atoms with Gasteiger partial charge in [-0.05, 0) is 49.9 Å². The second-order valence-corrected chi connectivity index (χ2v) is 10.6. The molecular weight excluding hydrogens is 466 g/mol. The van der Waals surface area contributed by atoms with Gasteiger partial charge in [0.2, 0.25) is 0 Å². The molecule has 0 unspecified atom stereocenters. The molecule has 192 valence electrons. The summed E-state index contributed by atoms with van der Waals surface area (Å²) >= 11 is 0. The highest BCUT2D eigenvalue weighted by Crippen LogP contribution is 2.27. The molecule has 5 rings (SSSR count). The number of aryl methyl sites for hydroxylation is 1. The van der Waals surface area contributed by atoms with Gasteiger partial charge in [-0.15, -0.1) is 5.10 Å². The summed E-state index contributed by atoms with van der Waals surface area (Å²) < 4.78 is 7.51. The van der Waals surface area contributed by atoms with E-state index in [0.717, 1.165) is 60.1 Å². The maximum atomic E-state index is 12.8. The summed E-state index contributed by atoms with van der Waals surface area (Å²) in [6.45, 7) is 12.2. The lowest BCUT2D eigenvalue weighted by Gasteiger charge is -2.33. The van der Waals surface area contributed by atoms with Crippen LogP contribution < -0.4 is 10.2 Å². The van der Waals surface area contributed by atoms with Gasteiger partial charge >= 0.3 is 0 Å². The number of amides is 1. The van der Waals surface area contributed by atoms with E-state index in [1.165, 1.54) is 0 Å². The van der Waals surface area contributed by atoms with Gasteiger partial charge in [-0.3, -0.25) is 9.78 Å². The van der Waals surface area contributed by atoms with E-state index in [4.69, 9.17) is 4.42 Å². The molecule has 1 aromatic carbocycles. The first-order valence-electron chi connectivity index (χ1n) is 12.5. The molecule has 0 bridgehead atoms. The summed E-state index contributed by atoms with van der Waals surface area (Å²) in [7, 11) is 2.15. The number of furan rings is 1. The first-order chi connectivity index (χ1) is 17.7. The fourth-order valence-electron chi connectivity index (χ4n) is 4.31. The Bertz CT molecular complexity index is 1410. The van der Waals surface area contributed by atoms with Crippen LogP contribution in [0.15, 0.2) is 59.4 Å². The van der Waals surface area contributed by atoms with Crippen molar-refractivity contribution in [1.82, 2.24) is 24.9 Å². The van der Waals surface area contributed by atoms with Crippen LogP contribution in [0.25, 0.3) is 16.9 Å². The van der Waals surface area contributed by atoms with Crippen molar-refractivity contribution in [3.05, 3.63) is 72.1 Å². The summed E-state index contributed by atoms with van der Waals surface area (Å²) in [4.78, 5) is 21.9. The maximum absolute atomic E-state index is 12.8. The lowest BCUT2D eigenvalue weighted by atomic mass is 9.94. The third-order valence-corrected chi connectivity index (χ3v) is 6.66. The number of aromatic nitrogens is 4. The van der Waals surface area contributed by atoms with Crippen LogP contribution in [0.4, 0.5) is 11.4 Å². The number of hydrogen-bond donors (Lipinski definition) is 1. The number of carbonyl (C=O) groups excluding carboxylic acids is 1. The van der Waals surface area contributed by atoms with Crippen molar-refractivity contribution < 1.29 is 9.21 Å². The highest BCUT2D eigenvalue weighted by molar-refractivity contribution is 6.02. The maximum Gasteiger partial charge on any atom is 0.291 e. The van der Waals surface area contributed by atoms with Gasteiger partial charge < -0.3 is 19.5 Å². The number of nitrogens with one attached hydrogen (secondary N) is 1. The molecule has 3 aromatic heterocycles. The number of likely N-dealkylation sites (N-methyl/N-ethyl adjacent to an activating group) is 1. The Labute approximate surface area is 217 Å². The molecule has 1 aliphatic rings. The Morgan fingerprint density at radius 2 is 1.81 bits per heavy atom. The Morgan fingerprint density at radius 1 is 1.03 bits per heavy atom. The van der Waals surface area contributed by atoms with E-state index in [1.54, 1.807) is 10.7 Å². The van der Waals surface area contributed by atoms with Crippen LogP contribution in [0.5, 0.6) is 0 Å². The molecule has 1 N–H and O–H groups in total. The Morgan fingerprint density at radius 3 is 2.54 bits per heavy atom. The molecule has 1 saturated heterocycles. The van der Waals surface area contributed by atoms with Gasteiger partial charge in [0.25, 0.3) is 5.91 Å². The van der Waals surface area contributed by atoms with Crippen molar-refractivity contribution in [2.24, 2.45) is 0 Å². The van der Waals surface area contributed by atoms with E-state index >= 15 is 0 Å². The Hall–Kier alpha value is -3.98.